The molecule has 1 atom stereocenters. The molecule has 0 saturated carbocycles. The van der Waals surface area contributed by atoms with Gasteiger partial charge in [-0.05, 0) is 42.2 Å². The number of hydrogen-bond acceptors (Lipinski definition) is 4. The minimum Gasteiger partial charge on any atom is -0.484 e. The number of ether oxygens (including phenoxy) is 1. The van der Waals surface area contributed by atoms with Crippen molar-refractivity contribution in [2.24, 2.45) is 5.10 Å². The van der Waals surface area contributed by atoms with Gasteiger partial charge in [-0.15, -0.1) is 0 Å². The number of rotatable bonds is 7. The van der Waals surface area contributed by atoms with Crippen LogP contribution < -0.4 is 10.2 Å². The molecule has 0 saturated heterocycles. The summed E-state index contributed by atoms with van der Waals surface area (Å²) in [5.41, 5.74) is 3.64. The number of nitrogens with one attached hydrogen (secondary N) is 1. The lowest BCUT2D eigenvalue weighted by Crippen LogP contribution is -2.24. The van der Waals surface area contributed by atoms with Gasteiger partial charge in [0.05, 0.1) is 12.5 Å². The van der Waals surface area contributed by atoms with E-state index in [1.54, 1.807) is 12.1 Å². The Labute approximate surface area is 130 Å². The van der Waals surface area contributed by atoms with E-state index in [4.69, 9.17) is 9.15 Å². The first kappa shape index (κ1) is 15.8. The Hall–Kier alpha value is -2.56. The normalized spacial score (nSPS) is 12.3. The summed E-state index contributed by atoms with van der Waals surface area (Å²) in [6.45, 7) is 4.25. The van der Waals surface area contributed by atoms with Crippen molar-refractivity contribution >= 4 is 12.1 Å². The molecule has 0 radical (unpaired) electrons. The highest BCUT2D eigenvalue weighted by Gasteiger charge is 2.04. The van der Waals surface area contributed by atoms with Crippen molar-refractivity contribution in [2.75, 3.05) is 6.61 Å². The van der Waals surface area contributed by atoms with Gasteiger partial charge in [-0.3, -0.25) is 4.79 Å². The monoisotopic (exact) mass is 300 g/mol. The zero-order valence-electron chi connectivity index (χ0n) is 12.8. The van der Waals surface area contributed by atoms with Crippen LogP contribution in [-0.4, -0.2) is 18.7 Å². The van der Waals surface area contributed by atoms with Crippen LogP contribution in [0.2, 0.25) is 0 Å². The number of hydrogen-bond donors (Lipinski definition) is 1. The standard InChI is InChI=1S/C17H20N2O3/c1-3-13(2)14-6-8-15(9-7-14)22-12-17(20)19-18-11-16-5-4-10-21-16/h4-11,13H,3,12H2,1-2H3,(H,19,20)/b18-11-/t13-/m0/s1. The molecule has 1 heterocycles. The van der Waals surface area contributed by atoms with Gasteiger partial charge >= 0.3 is 0 Å². The molecule has 5 nitrogen and oxygen atoms in total. The van der Waals surface area contributed by atoms with E-state index < -0.39 is 0 Å². The van der Waals surface area contributed by atoms with Crippen LogP contribution >= 0.6 is 0 Å². The molecular formula is C17H20N2O3. The third kappa shape index (κ3) is 4.77. The second-order valence-corrected chi connectivity index (χ2v) is 4.98. The third-order valence-electron chi connectivity index (χ3n) is 3.36. The Morgan fingerprint density at radius 2 is 2.14 bits per heavy atom. The molecule has 1 aromatic heterocycles. The highest BCUT2D eigenvalue weighted by Crippen LogP contribution is 2.21. The van der Waals surface area contributed by atoms with Crippen molar-refractivity contribution < 1.29 is 13.9 Å². The largest absolute Gasteiger partial charge is 0.484 e. The molecule has 22 heavy (non-hydrogen) atoms. The van der Waals surface area contributed by atoms with Gasteiger partial charge in [0.1, 0.15) is 11.5 Å². The van der Waals surface area contributed by atoms with Gasteiger partial charge < -0.3 is 9.15 Å². The Morgan fingerprint density at radius 1 is 1.36 bits per heavy atom. The van der Waals surface area contributed by atoms with Crippen LogP contribution in [0.3, 0.4) is 0 Å². The Morgan fingerprint density at radius 3 is 2.77 bits per heavy atom. The van der Waals surface area contributed by atoms with Crippen LogP contribution in [0, 0.1) is 0 Å². The number of carbonyl (C=O) groups excluding carboxylic acids is 1. The molecule has 0 bridgehead atoms. The van der Waals surface area contributed by atoms with E-state index in [1.807, 2.05) is 24.3 Å². The van der Waals surface area contributed by atoms with Crippen LogP contribution in [-0.2, 0) is 4.79 Å². The predicted molar refractivity (Wildman–Crippen MR) is 85.1 cm³/mol. The summed E-state index contributed by atoms with van der Waals surface area (Å²) in [6.07, 6.45) is 4.06. The molecule has 2 aromatic rings. The number of benzene rings is 1. The fourth-order valence-corrected chi connectivity index (χ4v) is 1.84. The van der Waals surface area contributed by atoms with Crippen LogP contribution in [0.5, 0.6) is 5.75 Å². The van der Waals surface area contributed by atoms with Crippen molar-refractivity contribution in [3.05, 3.63) is 54.0 Å². The van der Waals surface area contributed by atoms with Crippen molar-refractivity contribution in [1.82, 2.24) is 5.43 Å². The summed E-state index contributed by atoms with van der Waals surface area (Å²) < 4.78 is 10.5. The molecule has 1 N–H and O–H groups in total. The molecule has 0 fully saturated rings. The summed E-state index contributed by atoms with van der Waals surface area (Å²) in [4.78, 5) is 11.6. The molecule has 0 unspecified atom stereocenters. The van der Waals surface area contributed by atoms with E-state index in [0.29, 0.717) is 17.4 Å². The molecule has 1 amide bonds. The topological polar surface area (TPSA) is 63.8 Å². The fraction of sp³-hybridized carbons (Fsp3) is 0.294. The summed E-state index contributed by atoms with van der Waals surface area (Å²) in [5.74, 6) is 1.43. The van der Waals surface area contributed by atoms with Crippen LogP contribution in [0.25, 0.3) is 0 Å². The molecule has 0 aliphatic rings. The first-order valence-corrected chi connectivity index (χ1v) is 7.27. The highest BCUT2D eigenvalue weighted by atomic mass is 16.5. The number of amides is 1. The molecule has 116 valence electrons. The number of nitrogens with zero attached hydrogens (tertiary/aromatic N) is 1. The second kappa shape index (κ2) is 8.02. The van der Waals surface area contributed by atoms with Crippen molar-refractivity contribution in [3.63, 3.8) is 0 Å². The minimum absolute atomic E-state index is 0.0851. The molecule has 0 aliphatic heterocycles. The number of furan rings is 1. The summed E-state index contributed by atoms with van der Waals surface area (Å²) in [7, 11) is 0. The Kier molecular flexibility index (Phi) is 5.77. The van der Waals surface area contributed by atoms with Crippen molar-refractivity contribution in [1.29, 1.82) is 0 Å². The molecule has 0 aliphatic carbocycles. The summed E-state index contributed by atoms with van der Waals surface area (Å²) in [5, 5.41) is 3.78. The van der Waals surface area contributed by atoms with Gasteiger partial charge in [-0.2, -0.15) is 5.10 Å². The van der Waals surface area contributed by atoms with Gasteiger partial charge in [0.2, 0.25) is 0 Å². The Balaban J connectivity index is 1.76. The molecular weight excluding hydrogens is 280 g/mol. The van der Waals surface area contributed by atoms with E-state index in [2.05, 4.69) is 24.4 Å². The first-order valence-electron chi connectivity index (χ1n) is 7.27. The maximum atomic E-state index is 11.6. The maximum Gasteiger partial charge on any atom is 0.277 e. The fourth-order valence-electron chi connectivity index (χ4n) is 1.84. The van der Waals surface area contributed by atoms with E-state index in [-0.39, 0.29) is 12.5 Å². The van der Waals surface area contributed by atoms with Gasteiger partial charge in [-0.25, -0.2) is 5.43 Å². The van der Waals surface area contributed by atoms with E-state index in [0.717, 1.165) is 6.42 Å². The molecule has 1 aromatic carbocycles. The van der Waals surface area contributed by atoms with Crippen LogP contribution in [0.1, 0.15) is 37.5 Å². The number of hydrazone groups is 1. The lowest BCUT2D eigenvalue weighted by atomic mass is 9.99. The quantitative estimate of drug-likeness (QED) is 0.630. The predicted octanol–water partition coefficient (Wildman–Crippen LogP) is 3.32. The summed E-state index contributed by atoms with van der Waals surface area (Å²) in [6, 6.07) is 11.3. The summed E-state index contributed by atoms with van der Waals surface area (Å²) >= 11 is 0. The number of carbonyl (C=O) groups is 1. The molecule has 2 rings (SSSR count). The lowest BCUT2D eigenvalue weighted by molar-refractivity contribution is -0.123. The van der Waals surface area contributed by atoms with E-state index >= 15 is 0 Å². The van der Waals surface area contributed by atoms with Gasteiger partial charge in [0, 0.05) is 0 Å². The smallest absolute Gasteiger partial charge is 0.277 e. The zero-order chi connectivity index (χ0) is 15.8. The van der Waals surface area contributed by atoms with E-state index in [9.17, 15) is 4.79 Å². The highest BCUT2D eigenvalue weighted by molar-refractivity contribution is 5.81. The van der Waals surface area contributed by atoms with Gasteiger partial charge in [0.25, 0.3) is 5.91 Å². The van der Waals surface area contributed by atoms with Crippen molar-refractivity contribution in [2.45, 2.75) is 26.2 Å². The van der Waals surface area contributed by atoms with Crippen molar-refractivity contribution in [3.8, 4) is 5.75 Å². The zero-order valence-corrected chi connectivity index (χ0v) is 12.8. The van der Waals surface area contributed by atoms with Crippen LogP contribution in [0.15, 0.2) is 52.2 Å². The third-order valence-corrected chi connectivity index (χ3v) is 3.36. The average Bonchev–Trinajstić information content (AvgIpc) is 3.06. The average molecular weight is 300 g/mol. The van der Waals surface area contributed by atoms with Gasteiger partial charge in [0.15, 0.2) is 6.61 Å². The molecule has 0 spiro atoms. The first-order chi connectivity index (χ1) is 10.7. The van der Waals surface area contributed by atoms with Crippen LogP contribution in [0.4, 0.5) is 0 Å². The SMILES string of the molecule is CC[C@H](C)c1ccc(OCC(=O)N/N=C\c2ccco2)cc1. The Bertz CT molecular complexity index is 603. The maximum absolute atomic E-state index is 11.6. The second-order valence-electron chi connectivity index (χ2n) is 4.98. The van der Waals surface area contributed by atoms with Gasteiger partial charge in [-0.1, -0.05) is 26.0 Å². The molecule has 5 heteroatoms. The minimum atomic E-state index is -0.325. The lowest BCUT2D eigenvalue weighted by Gasteiger charge is -2.10. The van der Waals surface area contributed by atoms with E-state index in [1.165, 1.54) is 18.0 Å².